The van der Waals surface area contributed by atoms with Crippen LogP contribution in [0.3, 0.4) is 0 Å². The number of hydrogen-bond donors (Lipinski definition) is 1. The molecule has 0 saturated carbocycles. The van der Waals surface area contributed by atoms with Gasteiger partial charge in [0.25, 0.3) is 0 Å². The molecule has 4 heteroatoms. The van der Waals surface area contributed by atoms with Gasteiger partial charge in [0.2, 0.25) is 0 Å². The van der Waals surface area contributed by atoms with Gasteiger partial charge in [-0.15, -0.1) is 0 Å². The molecule has 0 radical (unpaired) electrons. The van der Waals surface area contributed by atoms with Crippen LogP contribution in [0.5, 0.6) is 0 Å². The van der Waals surface area contributed by atoms with Crippen LogP contribution in [0.25, 0.3) is 5.70 Å². The number of halogens is 1. The zero-order valence-corrected chi connectivity index (χ0v) is 14.9. The molecule has 0 spiro atoms. The molecule has 27 heavy (non-hydrogen) atoms. The van der Waals surface area contributed by atoms with Crippen LogP contribution in [0, 0.1) is 5.82 Å². The van der Waals surface area contributed by atoms with E-state index < -0.39 is 0 Å². The van der Waals surface area contributed by atoms with Gasteiger partial charge < -0.3 is 5.73 Å². The van der Waals surface area contributed by atoms with Crippen molar-refractivity contribution in [1.82, 2.24) is 5.01 Å². The second kappa shape index (κ2) is 7.17. The van der Waals surface area contributed by atoms with E-state index in [9.17, 15) is 4.39 Å². The van der Waals surface area contributed by atoms with Gasteiger partial charge in [0.1, 0.15) is 5.82 Å². The first kappa shape index (κ1) is 17.2. The topological polar surface area (TPSA) is 41.6 Å². The first-order valence-corrected chi connectivity index (χ1v) is 8.84. The summed E-state index contributed by atoms with van der Waals surface area (Å²) in [5.74, 6) is -0.245. The normalized spacial score (nSPS) is 13.3. The van der Waals surface area contributed by atoms with Crippen molar-refractivity contribution in [2.24, 2.45) is 10.8 Å². The number of nitrogens with two attached hydrogens (primary N) is 1. The van der Waals surface area contributed by atoms with E-state index in [4.69, 9.17) is 10.8 Å². The first-order chi connectivity index (χ1) is 13.2. The van der Waals surface area contributed by atoms with Crippen LogP contribution < -0.4 is 5.73 Å². The average molecular weight is 357 g/mol. The van der Waals surface area contributed by atoms with Gasteiger partial charge in [-0.05, 0) is 23.3 Å². The summed E-state index contributed by atoms with van der Waals surface area (Å²) in [5.41, 5.74) is 12.6. The fraction of sp³-hybridized carbons (Fsp3) is 0.0870. The van der Waals surface area contributed by atoms with E-state index in [0.717, 1.165) is 39.2 Å². The predicted molar refractivity (Wildman–Crippen MR) is 107 cm³/mol. The monoisotopic (exact) mass is 357 g/mol. The molecule has 0 aromatic heterocycles. The van der Waals surface area contributed by atoms with Gasteiger partial charge in [-0.2, -0.15) is 5.10 Å². The van der Waals surface area contributed by atoms with Crippen molar-refractivity contribution in [2.75, 3.05) is 0 Å². The zero-order chi connectivity index (χ0) is 18.8. The standard InChI is InChI=1S/C23H20FN3/c1-16-21-4-2-3-5-22(21)23(19-10-6-17(14-25)7-11-19)26-27(16)15-18-8-12-20(24)13-9-18/h2-13H,1,14-15,25H2. The van der Waals surface area contributed by atoms with Crippen LogP contribution >= 0.6 is 0 Å². The predicted octanol–water partition coefficient (Wildman–Crippen LogP) is 4.52. The van der Waals surface area contributed by atoms with Gasteiger partial charge in [0.05, 0.1) is 18.0 Å². The van der Waals surface area contributed by atoms with Crippen LogP contribution in [-0.4, -0.2) is 10.7 Å². The molecule has 4 rings (SSSR count). The quantitative estimate of drug-likeness (QED) is 0.746. The second-order valence-corrected chi connectivity index (χ2v) is 6.53. The lowest BCUT2D eigenvalue weighted by Crippen LogP contribution is -2.25. The smallest absolute Gasteiger partial charge is 0.123 e. The fourth-order valence-corrected chi connectivity index (χ4v) is 3.22. The Kier molecular flexibility index (Phi) is 4.57. The molecule has 0 amide bonds. The Morgan fingerprint density at radius 1 is 0.852 bits per heavy atom. The molecule has 0 aliphatic carbocycles. The molecule has 0 saturated heterocycles. The third-order valence-corrected chi connectivity index (χ3v) is 4.73. The Balaban J connectivity index is 1.76. The molecule has 1 heterocycles. The van der Waals surface area contributed by atoms with Crippen molar-refractivity contribution in [1.29, 1.82) is 0 Å². The van der Waals surface area contributed by atoms with Crippen LogP contribution in [0.2, 0.25) is 0 Å². The summed E-state index contributed by atoms with van der Waals surface area (Å²) < 4.78 is 13.2. The maximum Gasteiger partial charge on any atom is 0.123 e. The number of nitrogens with zero attached hydrogens (tertiary/aromatic N) is 2. The van der Waals surface area contributed by atoms with E-state index in [2.05, 4.69) is 18.7 Å². The van der Waals surface area contributed by atoms with Crippen molar-refractivity contribution in [3.8, 4) is 0 Å². The summed E-state index contributed by atoms with van der Waals surface area (Å²) in [6, 6.07) is 22.7. The maximum atomic E-state index is 13.2. The van der Waals surface area contributed by atoms with Gasteiger partial charge in [0, 0.05) is 23.2 Å². The highest BCUT2D eigenvalue weighted by molar-refractivity contribution is 6.16. The molecular formula is C23H20FN3. The van der Waals surface area contributed by atoms with Crippen LogP contribution in [0.15, 0.2) is 84.5 Å². The van der Waals surface area contributed by atoms with Gasteiger partial charge in [0.15, 0.2) is 0 Å². The summed E-state index contributed by atoms with van der Waals surface area (Å²) in [6.45, 7) is 5.27. The number of hydrogen-bond acceptors (Lipinski definition) is 3. The molecule has 3 aromatic rings. The summed E-state index contributed by atoms with van der Waals surface area (Å²) >= 11 is 0. The highest BCUT2D eigenvalue weighted by Gasteiger charge is 2.23. The van der Waals surface area contributed by atoms with Crippen LogP contribution in [0.4, 0.5) is 4.39 Å². The lowest BCUT2D eigenvalue weighted by atomic mass is 9.94. The molecule has 3 nitrogen and oxygen atoms in total. The van der Waals surface area contributed by atoms with Crippen molar-refractivity contribution < 1.29 is 4.39 Å². The molecule has 2 N–H and O–H groups in total. The minimum absolute atomic E-state index is 0.245. The minimum atomic E-state index is -0.245. The Labute approximate surface area is 158 Å². The summed E-state index contributed by atoms with van der Waals surface area (Å²) in [6.07, 6.45) is 0. The first-order valence-electron chi connectivity index (χ1n) is 8.84. The molecule has 0 bridgehead atoms. The number of rotatable bonds is 4. The van der Waals surface area contributed by atoms with Crippen molar-refractivity contribution >= 4 is 11.4 Å². The Morgan fingerprint density at radius 2 is 1.48 bits per heavy atom. The van der Waals surface area contributed by atoms with Crippen LogP contribution in [0.1, 0.15) is 27.8 Å². The lowest BCUT2D eigenvalue weighted by Gasteiger charge is -2.29. The van der Waals surface area contributed by atoms with Gasteiger partial charge >= 0.3 is 0 Å². The number of hydrazone groups is 1. The summed E-state index contributed by atoms with van der Waals surface area (Å²) in [4.78, 5) is 0. The molecule has 0 unspecified atom stereocenters. The van der Waals surface area contributed by atoms with E-state index in [1.165, 1.54) is 12.1 Å². The summed E-state index contributed by atoms with van der Waals surface area (Å²) in [7, 11) is 0. The second-order valence-electron chi connectivity index (χ2n) is 6.53. The maximum absolute atomic E-state index is 13.2. The van der Waals surface area contributed by atoms with Gasteiger partial charge in [-0.25, -0.2) is 4.39 Å². The highest BCUT2D eigenvalue weighted by Crippen LogP contribution is 2.31. The SMILES string of the molecule is C=C1c2ccccc2C(c2ccc(CN)cc2)=NN1Cc1ccc(F)cc1. The van der Waals surface area contributed by atoms with Crippen molar-refractivity contribution in [3.63, 3.8) is 0 Å². The van der Waals surface area contributed by atoms with Gasteiger partial charge in [-0.1, -0.05) is 67.2 Å². The molecule has 0 fully saturated rings. The largest absolute Gasteiger partial charge is 0.326 e. The third-order valence-electron chi connectivity index (χ3n) is 4.73. The van der Waals surface area contributed by atoms with E-state index in [-0.39, 0.29) is 5.82 Å². The zero-order valence-electron chi connectivity index (χ0n) is 14.9. The average Bonchev–Trinajstić information content (AvgIpc) is 2.72. The third kappa shape index (κ3) is 3.39. The van der Waals surface area contributed by atoms with E-state index in [1.807, 2.05) is 41.4 Å². The number of benzene rings is 3. The van der Waals surface area contributed by atoms with E-state index in [0.29, 0.717) is 13.1 Å². The molecule has 1 aliphatic heterocycles. The molecule has 1 aliphatic rings. The number of fused-ring (bicyclic) bond motifs is 1. The molecule has 0 atom stereocenters. The van der Waals surface area contributed by atoms with E-state index in [1.54, 1.807) is 12.1 Å². The van der Waals surface area contributed by atoms with E-state index >= 15 is 0 Å². The summed E-state index contributed by atoms with van der Waals surface area (Å²) in [5, 5.41) is 6.75. The molecule has 134 valence electrons. The Hall–Kier alpha value is -3.24. The van der Waals surface area contributed by atoms with Crippen LogP contribution in [-0.2, 0) is 13.1 Å². The minimum Gasteiger partial charge on any atom is -0.326 e. The fourth-order valence-electron chi connectivity index (χ4n) is 3.22. The molecule has 3 aromatic carbocycles. The van der Waals surface area contributed by atoms with Crippen molar-refractivity contribution in [3.05, 3.63) is 113 Å². The highest BCUT2D eigenvalue weighted by atomic mass is 19.1. The Bertz CT molecular complexity index is 1000. The molecular weight excluding hydrogens is 337 g/mol. The lowest BCUT2D eigenvalue weighted by molar-refractivity contribution is 0.412. The Morgan fingerprint density at radius 3 is 2.15 bits per heavy atom. The van der Waals surface area contributed by atoms with Gasteiger partial charge in [-0.3, -0.25) is 5.01 Å². The van der Waals surface area contributed by atoms with Crippen molar-refractivity contribution in [2.45, 2.75) is 13.1 Å².